The molecule has 1 saturated heterocycles. The van der Waals surface area contributed by atoms with E-state index in [1.54, 1.807) is 17.8 Å². The first-order chi connectivity index (χ1) is 14.1. The highest BCUT2D eigenvalue weighted by atomic mass is 32.1. The SMILES string of the molecule is CC(=O)c1cc(CN2CCCC[C@@H]2C(=O)Nc2ccc(-n3cccn3)cc2)cs1. The Hall–Kier alpha value is -2.77. The maximum absolute atomic E-state index is 13.0. The lowest BCUT2D eigenvalue weighted by molar-refractivity contribution is -0.122. The molecular weight excluding hydrogens is 384 g/mol. The number of thiophene rings is 1. The van der Waals surface area contributed by atoms with E-state index in [4.69, 9.17) is 0 Å². The molecule has 1 aliphatic rings. The van der Waals surface area contributed by atoms with Gasteiger partial charge in [-0.25, -0.2) is 4.68 Å². The predicted octanol–water partition coefficient (Wildman–Crippen LogP) is 4.13. The zero-order valence-electron chi connectivity index (χ0n) is 16.4. The lowest BCUT2D eigenvalue weighted by Crippen LogP contribution is -2.46. The second kappa shape index (κ2) is 8.71. The number of likely N-dealkylation sites (tertiary alicyclic amines) is 1. The average Bonchev–Trinajstić information content (AvgIpc) is 3.41. The Bertz CT molecular complexity index is 979. The van der Waals surface area contributed by atoms with Crippen LogP contribution < -0.4 is 5.32 Å². The minimum atomic E-state index is -0.157. The second-order valence-corrected chi connectivity index (χ2v) is 8.26. The lowest BCUT2D eigenvalue weighted by atomic mass is 10.0. The van der Waals surface area contributed by atoms with Gasteiger partial charge in [-0.1, -0.05) is 6.42 Å². The van der Waals surface area contributed by atoms with Crippen LogP contribution in [0.25, 0.3) is 5.69 Å². The fraction of sp³-hybridized carbons (Fsp3) is 0.318. The largest absolute Gasteiger partial charge is 0.325 e. The van der Waals surface area contributed by atoms with E-state index in [1.807, 2.05) is 48.0 Å². The summed E-state index contributed by atoms with van der Waals surface area (Å²) >= 11 is 1.47. The average molecular weight is 409 g/mol. The van der Waals surface area contributed by atoms with Gasteiger partial charge in [-0.3, -0.25) is 14.5 Å². The second-order valence-electron chi connectivity index (χ2n) is 7.34. The fourth-order valence-corrected chi connectivity index (χ4v) is 4.51. The highest BCUT2D eigenvalue weighted by Gasteiger charge is 2.29. The van der Waals surface area contributed by atoms with Crippen molar-refractivity contribution in [2.75, 3.05) is 11.9 Å². The Kier molecular flexibility index (Phi) is 5.87. The van der Waals surface area contributed by atoms with Gasteiger partial charge in [0.15, 0.2) is 5.78 Å². The van der Waals surface area contributed by atoms with E-state index in [0.29, 0.717) is 6.54 Å². The summed E-state index contributed by atoms with van der Waals surface area (Å²) in [5.41, 5.74) is 2.83. The summed E-state index contributed by atoms with van der Waals surface area (Å²) in [4.78, 5) is 27.5. The number of anilines is 1. The number of ketones is 1. The van der Waals surface area contributed by atoms with Crippen LogP contribution >= 0.6 is 11.3 Å². The first kappa shape index (κ1) is 19.5. The van der Waals surface area contributed by atoms with Crippen LogP contribution in [0.15, 0.2) is 54.2 Å². The first-order valence-corrected chi connectivity index (χ1v) is 10.7. The number of Topliss-reactive ketones (excluding diaryl/α,β-unsaturated/α-hetero) is 1. The monoisotopic (exact) mass is 408 g/mol. The molecule has 7 heteroatoms. The molecule has 6 nitrogen and oxygen atoms in total. The topological polar surface area (TPSA) is 67.2 Å². The highest BCUT2D eigenvalue weighted by Crippen LogP contribution is 2.24. The predicted molar refractivity (Wildman–Crippen MR) is 115 cm³/mol. The van der Waals surface area contributed by atoms with Gasteiger partial charge in [0, 0.05) is 24.6 Å². The van der Waals surface area contributed by atoms with Gasteiger partial charge >= 0.3 is 0 Å². The number of benzene rings is 1. The summed E-state index contributed by atoms with van der Waals surface area (Å²) in [5.74, 6) is 0.117. The van der Waals surface area contributed by atoms with Gasteiger partial charge in [-0.15, -0.1) is 11.3 Å². The van der Waals surface area contributed by atoms with E-state index in [9.17, 15) is 9.59 Å². The molecule has 3 aromatic rings. The van der Waals surface area contributed by atoms with Crippen molar-refractivity contribution in [2.45, 2.75) is 38.8 Å². The van der Waals surface area contributed by atoms with Crippen LogP contribution in [0, 0.1) is 0 Å². The summed E-state index contributed by atoms with van der Waals surface area (Å²) in [7, 11) is 0. The zero-order chi connectivity index (χ0) is 20.2. The molecule has 1 aliphatic heterocycles. The molecule has 0 unspecified atom stereocenters. The van der Waals surface area contributed by atoms with Crippen molar-refractivity contribution in [2.24, 2.45) is 0 Å². The lowest BCUT2D eigenvalue weighted by Gasteiger charge is -2.34. The number of carbonyl (C=O) groups is 2. The Morgan fingerprint density at radius 2 is 2.07 bits per heavy atom. The van der Waals surface area contributed by atoms with Gasteiger partial charge in [0.1, 0.15) is 0 Å². The fourth-order valence-electron chi connectivity index (χ4n) is 3.70. The zero-order valence-corrected chi connectivity index (χ0v) is 17.2. The van der Waals surface area contributed by atoms with E-state index in [0.717, 1.165) is 47.6 Å². The van der Waals surface area contributed by atoms with Gasteiger partial charge in [0.05, 0.1) is 16.6 Å². The summed E-state index contributed by atoms with van der Waals surface area (Å²) in [6.07, 6.45) is 6.61. The third-order valence-corrected chi connectivity index (χ3v) is 6.29. The minimum Gasteiger partial charge on any atom is -0.325 e. The maximum atomic E-state index is 13.0. The number of nitrogens with one attached hydrogen (secondary N) is 1. The number of piperidine rings is 1. The minimum absolute atomic E-state index is 0.0264. The molecule has 1 N–H and O–H groups in total. The summed E-state index contributed by atoms with van der Waals surface area (Å²) < 4.78 is 1.78. The number of rotatable bonds is 6. The van der Waals surface area contributed by atoms with Crippen molar-refractivity contribution in [3.05, 3.63) is 64.6 Å². The van der Waals surface area contributed by atoms with Crippen LogP contribution in [0.4, 0.5) is 5.69 Å². The molecule has 4 rings (SSSR count). The van der Waals surface area contributed by atoms with E-state index in [1.165, 1.54) is 11.3 Å². The molecule has 0 bridgehead atoms. The molecule has 1 atom stereocenters. The number of aromatic nitrogens is 2. The van der Waals surface area contributed by atoms with Crippen molar-refractivity contribution in [3.8, 4) is 5.69 Å². The summed E-state index contributed by atoms with van der Waals surface area (Å²) in [6.45, 7) is 3.17. The van der Waals surface area contributed by atoms with Crippen LogP contribution in [-0.4, -0.2) is 39.0 Å². The summed E-state index contributed by atoms with van der Waals surface area (Å²) in [6, 6.07) is 11.4. The van der Waals surface area contributed by atoms with Crippen molar-refractivity contribution in [1.29, 1.82) is 0 Å². The molecule has 1 fully saturated rings. The number of carbonyl (C=O) groups excluding carboxylic acids is 2. The molecule has 3 heterocycles. The van der Waals surface area contributed by atoms with Crippen LogP contribution in [-0.2, 0) is 11.3 Å². The van der Waals surface area contributed by atoms with Crippen LogP contribution in [0.3, 0.4) is 0 Å². The number of hydrogen-bond acceptors (Lipinski definition) is 5. The Morgan fingerprint density at radius 3 is 2.76 bits per heavy atom. The molecule has 0 radical (unpaired) electrons. The molecule has 1 amide bonds. The normalized spacial score (nSPS) is 17.2. The number of nitrogens with zero attached hydrogens (tertiary/aromatic N) is 3. The smallest absolute Gasteiger partial charge is 0.241 e. The van der Waals surface area contributed by atoms with Crippen LogP contribution in [0.5, 0.6) is 0 Å². The van der Waals surface area contributed by atoms with Crippen LogP contribution in [0.1, 0.15) is 41.4 Å². The molecule has 2 aromatic heterocycles. The Balaban J connectivity index is 1.42. The van der Waals surface area contributed by atoms with Gasteiger partial charge in [-0.05, 0) is 73.7 Å². The molecule has 29 heavy (non-hydrogen) atoms. The first-order valence-electron chi connectivity index (χ1n) is 9.83. The van der Waals surface area contributed by atoms with Gasteiger partial charge in [0.25, 0.3) is 0 Å². The maximum Gasteiger partial charge on any atom is 0.241 e. The van der Waals surface area contributed by atoms with Gasteiger partial charge in [0.2, 0.25) is 5.91 Å². The van der Waals surface area contributed by atoms with Crippen molar-refractivity contribution >= 4 is 28.7 Å². The van der Waals surface area contributed by atoms with Gasteiger partial charge < -0.3 is 5.32 Å². The quantitative estimate of drug-likeness (QED) is 0.623. The Labute approximate surface area is 174 Å². The Morgan fingerprint density at radius 1 is 1.24 bits per heavy atom. The van der Waals surface area contributed by atoms with Crippen molar-refractivity contribution < 1.29 is 9.59 Å². The van der Waals surface area contributed by atoms with Crippen molar-refractivity contribution in [1.82, 2.24) is 14.7 Å². The molecule has 0 aliphatic carbocycles. The third kappa shape index (κ3) is 4.63. The molecule has 0 saturated carbocycles. The molecule has 150 valence electrons. The summed E-state index contributed by atoms with van der Waals surface area (Å²) in [5, 5.41) is 9.30. The van der Waals surface area contributed by atoms with E-state index >= 15 is 0 Å². The van der Waals surface area contributed by atoms with Crippen LogP contribution in [0.2, 0.25) is 0 Å². The highest BCUT2D eigenvalue weighted by molar-refractivity contribution is 7.12. The van der Waals surface area contributed by atoms with Gasteiger partial charge in [-0.2, -0.15) is 5.10 Å². The van der Waals surface area contributed by atoms with E-state index in [-0.39, 0.29) is 17.7 Å². The number of amides is 1. The number of hydrogen-bond donors (Lipinski definition) is 1. The molecule has 0 spiro atoms. The van der Waals surface area contributed by atoms with E-state index in [2.05, 4.69) is 15.3 Å². The molecule has 1 aromatic carbocycles. The van der Waals surface area contributed by atoms with E-state index < -0.39 is 0 Å². The third-order valence-electron chi connectivity index (χ3n) is 5.21. The molecular formula is C22H24N4O2S. The standard InChI is InChI=1S/C22H24N4O2S/c1-16(27)21-13-17(15-29-21)14-25-11-3-2-5-20(25)22(28)24-18-6-8-19(9-7-18)26-12-4-10-23-26/h4,6-10,12-13,15,20H,2-3,5,11,14H2,1H3,(H,24,28)/t20-/m1/s1. The van der Waals surface area contributed by atoms with Crippen molar-refractivity contribution in [3.63, 3.8) is 0 Å².